The van der Waals surface area contributed by atoms with Gasteiger partial charge < -0.3 is 4.90 Å². The first-order valence-electron chi connectivity index (χ1n) is 9.76. The van der Waals surface area contributed by atoms with Crippen LogP contribution in [0.1, 0.15) is 18.9 Å². The van der Waals surface area contributed by atoms with E-state index in [1.54, 1.807) is 29.2 Å². The molecule has 0 aromatic heterocycles. The van der Waals surface area contributed by atoms with Gasteiger partial charge in [0, 0.05) is 28.4 Å². The minimum absolute atomic E-state index is 0.0503. The van der Waals surface area contributed by atoms with Gasteiger partial charge in [0.1, 0.15) is 0 Å². The smallest absolute Gasteiger partial charge is 0.261 e. The number of hydrogen-bond donors (Lipinski definition) is 1. The van der Waals surface area contributed by atoms with Crippen molar-refractivity contribution in [3.8, 4) is 0 Å². The average Bonchev–Trinajstić information content (AvgIpc) is 3.18. The van der Waals surface area contributed by atoms with E-state index in [0.29, 0.717) is 25.1 Å². The van der Waals surface area contributed by atoms with Gasteiger partial charge in [-0.25, -0.2) is 8.42 Å². The number of para-hydroxylation sites is 1. The highest BCUT2D eigenvalue weighted by molar-refractivity contribution is 7.99. The molecule has 5 nitrogen and oxygen atoms in total. The number of rotatable bonds is 6. The molecule has 0 radical (unpaired) electrons. The average molecular weight is 439 g/mol. The van der Waals surface area contributed by atoms with Crippen LogP contribution in [0.4, 0.5) is 11.4 Å². The summed E-state index contributed by atoms with van der Waals surface area (Å²) in [7, 11) is -3.76. The zero-order valence-corrected chi connectivity index (χ0v) is 18.2. The maximum absolute atomic E-state index is 13.1. The van der Waals surface area contributed by atoms with Crippen LogP contribution in [0.3, 0.4) is 0 Å². The number of hydrogen-bond acceptors (Lipinski definition) is 4. The Morgan fingerprint density at radius 2 is 1.77 bits per heavy atom. The number of nitrogens with one attached hydrogen (secondary N) is 1. The van der Waals surface area contributed by atoms with Crippen LogP contribution in [0.25, 0.3) is 0 Å². The minimum atomic E-state index is -3.76. The van der Waals surface area contributed by atoms with Crippen molar-refractivity contribution in [1.82, 2.24) is 0 Å². The Labute approximate surface area is 181 Å². The van der Waals surface area contributed by atoms with Gasteiger partial charge in [0.2, 0.25) is 5.91 Å². The third-order valence-corrected chi connectivity index (χ3v) is 7.41. The summed E-state index contributed by atoms with van der Waals surface area (Å²) in [6, 6.07) is 22.1. The van der Waals surface area contributed by atoms with Gasteiger partial charge in [0.25, 0.3) is 10.0 Å². The largest absolute Gasteiger partial charge is 0.312 e. The van der Waals surface area contributed by atoms with Gasteiger partial charge in [-0.15, -0.1) is 0 Å². The highest BCUT2D eigenvalue weighted by Gasteiger charge is 2.26. The number of benzene rings is 3. The monoisotopic (exact) mass is 438 g/mol. The van der Waals surface area contributed by atoms with Crippen molar-refractivity contribution in [2.24, 2.45) is 0 Å². The summed E-state index contributed by atoms with van der Waals surface area (Å²) < 4.78 is 28.9. The summed E-state index contributed by atoms with van der Waals surface area (Å²) >= 11 is 1.51. The number of sulfonamides is 1. The van der Waals surface area contributed by atoms with Crippen molar-refractivity contribution in [2.75, 3.05) is 16.2 Å². The van der Waals surface area contributed by atoms with E-state index in [9.17, 15) is 13.2 Å². The van der Waals surface area contributed by atoms with E-state index in [1.165, 1.54) is 11.8 Å². The Bertz CT molecular complexity index is 1180. The molecule has 30 heavy (non-hydrogen) atoms. The van der Waals surface area contributed by atoms with E-state index in [1.807, 2.05) is 55.5 Å². The molecule has 3 aromatic carbocycles. The van der Waals surface area contributed by atoms with Crippen LogP contribution in [-0.2, 0) is 21.2 Å². The summed E-state index contributed by atoms with van der Waals surface area (Å²) in [4.78, 5) is 15.9. The molecule has 7 heteroatoms. The van der Waals surface area contributed by atoms with Crippen LogP contribution in [0.15, 0.2) is 87.5 Å². The van der Waals surface area contributed by atoms with Gasteiger partial charge in [0.05, 0.1) is 10.6 Å². The Kier molecular flexibility index (Phi) is 5.83. The van der Waals surface area contributed by atoms with E-state index < -0.39 is 10.0 Å². The number of nitrogens with zero attached hydrogens (tertiary/aromatic N) is 1. The molecule has 154 valence electrons. The molecule has 0 spiro atoms. The fraction of sp³-hybridized carbons (Fsp3) is 0.174. The number of fused-ring (bicyclic) bond motifs is 1. The van der Waals surface area contributed by atoms with E-state index in [4.69, 9.17) is 0 Å². The Morgan fingerprint density at radius 3 is 2.53 bits per heavy atom. The highest BCUT2D eigenvalue weighted by atomic mass is 32.2. The number of carbonyl (C=O) groups is 1. The van der Waals surface area contributed by atoms with Crippen LogP contribution < -0.4 is 9.62 Å². The standard InChI is InChI=1S/C23H22N2O3S2/c1-2-23(26)25-15-14-17-16-19(12-13-21(17)25)30(27,28)24-20-10-6-7-11-22(20)29-18-8-4-3-5-9-18/h3-13,16,24H,2,14-15H2,1H3. The van der Waals surface area contributed by atoms with Crippen molar-refractivity contribution in [1.29, 1.82) is 0 Å². The van der Waals surface area contributed by atoms with Crippen molar-refractivity contribution in [2.45, 2.75) is 34.5 Å². The van der Waals surface area contributed by atoms with Crippen molar-refractivity contribution >= 4 is 39.1 Å². The topological polar surface area (TPSA) is 66.5 Å². The van der Waals surface area contributed by atoms with Crippen LogP contribution >= 0.6 is 11.8 Å². The lowest BCUT2D eigenvalue weighted by Crippen LogP contribution is -2.27. The molecule has 1 aliphatic rings. The van der Waals surface area contributed by atoms with E-state index in [0.717, 1.165) is 21.0 Å². The van der Waals surface area contributed by atoms with Gasteiger partial charge in [0.15, 0.2) is 0 Å². The maximum Gasteiger partial charge on any atom is 0.261 e. The molecule has 0 bridgehead atoms. The van der Waals surface area contributed by atoms with E-state index >= 15 is 0 Å². The SMILES string of the molecule is CCC(=O)N1CCc2cc(S(=O)(=O)Nc3ccccc3Sc3ccccc3)ccc21. The number of anilines is 2. The Balaban J connectivity index is 1.60. The van der Waals surface area contributed by atoms with Gasteiger partial charge in [-0.05, 0) is 54.4 Å². The molecule has 4 rings (SSSR count). The summed E-state index contributed by atoms with van der Waals surface area (Å²) in [5, 5.41) is 0. The fourth-order valence-electron chi connectivity index (χ4n) is 3.45. The third kappa shape index (κ3) is 4.22. The molecule has 0 atom stereocenters. The lowest BCUT2D eigenvalue weighted by molar-refractivity contribution is -0.118. The minimum Gasteiger partial charge on any atom is -0.312 e. The zero-order chi connectivity index (χ0) is 21.1. The highest BCUT2D eigenvalue weighted by Crippen LogP contribution is 2.35. The first kappa shape index (κ1) is 20.5. The van der Waals surface area contributed by atoms with E-state index in [-0.39, 0.29) is 10.8 Å². The molecule has 0 fully saturated rings. The second-order valence-corrected chi connectivity index (χ2v) is 9.75. The van der Waals surface area contributed by atoms with Crippen LogP contribution in [0, 0.1) is 0 Å². The molecular weight excluding hydrogens is 416 g/mol. The molecule has 3 aromatic rings. The first-order chi connectivity index (χ1) is 14.5. The van der Waals surface area contributed by atoms with Crippen molar-refractivity contribution < 1.29 is 13.2 Å². The number of amides is 1. The quantitative estimate of drug-likeness (QED) is 0.592. The van der Waals surface area contributed by atoms with Crippen LogP contribution in [0.2, 0.25) is 0 Å². The molecule has 0 aliphatic carbocycles. The normalized spacial score (nSPS) is 13.2. The van der Waals surface area contributed by atoms with Gasteiger partial charge in [-0.1, -0.05) is 49.0 Å². The van der Waals surface area contributed by atoms with Crippen molar-refractivity contribution in [3.63, 3.8) is 0 Å². The summed E-state index contributed by atoms with van der Waals surface area (Å²) in [5.41, 5.74) is 2.22. The Morgan fingerprint density at radius 1 is 1.03 bits per heavy atom. The Hall–Kier alpha value is -2.77. The van der Waals surface area contributed by atoms with E-state index in [2.05, 4.69) is 4.72 Å². The predicted molar refractivity (Wildman–Crippen MR) is 121 cm³/mol. The molecule has 1 aliphatic heterocycles. The lowest BCUT2D eigenvalue weighted by atomic mass is 10.2. The summed E-state index contributed by atoms with van der Waals surface area (Å²) in [6.07, 6.45) is 1.09. The van der Waals surface area contributed by atoms with Crippen LogP contribution in [0.5, 0.6) is 0 Å². The number of carbonyl (C=O) groups excluding carboxylic acids is 1. The second-order valence-electron chi connectivity index (χ2n) is 6.96. The summed E-state index contributed by atoms with van der Waals surface area (Å²) in [6.45, 7) is 2.42. The molecular formula is C23H22N2O3S2. The third-order valence-electron chi connectivity index (χ3n) is 4.96. The molecule has 0 saturated heterocycles. The fourth-order valence-corrected chi connectivity index (χ4v) is 5.57. The predicted octanol–water partition coefficient (Wildman–Crippen LogP) is 4.94. The zero-order valence-electron chi connectivity index (χ0n) is 16.5. The van der Waals surface area contributed by atoms with Gasteiger partial charge in [-0.2, -0.15) is 0 Å². The lowest BCUT2D eigenvalue weighted by Gasteiger charge is -2.17. The van der Waals surface area contributed by atoms with Gasteiger partial charge >= 0.3 is 0 Å². The maximum atomic E-state index is 13.1. The second kappa shape index (κ2) is 8.53. The molecule has 0 unspecified atom stereocenters. The van der Waals surface area contributed by atoms with Crippen LogP contribution in [-0.4, -0.2) is 20.9 Å². The van der Waals surface area contributed by atoms with Crippen molar-refractivity contribution in [3.05, 3.63) is 78.4 Å². The molecule has 1 heterocycles. The molecule has 0 saturated carbocycles. The summed E-state index contributed by atoms with van der Waals surface area (Å²) in [5.74, 6) is 0.0503. The van der Waals surface area contributed by atoms with Gasteiger partial charge in [-0.3, -0.25) is 9.52 Å². The molecule has 1 N–H and O–H groups in total. The first-order valence-corrected chi connectivity index (χ1v) is 12.1. The molecule has 1 amide bonds.